The third-order valence-electron chi connectivity index (χ3n) is 3.03. The average Bonchev–Trinajstić information content (AvgIpc) is 2.42. The van der Waals surface area contributed by atoms with Crippen LogP contribution in [0.4, 0.5) is 0 Å². The summed E-state index contributed by atoms with van der Waals surface area (Å²) in [4.78, 5) is 13.0. The topological polar surface area (TPSA) is 59.0 Å². The first-order valence-electron chi connectivity index (χ1n) is 5.89. The number of aldehydes is 1. The van der Waals surface area contributed by atoms with Crippen LogP contribution in [-0.2, 0) is 11.3 Å². The summed E-state index contributed by atoms with van der Waals surface area (Å²) >= 11 is 0. The van der Waals surface area contributed by atoms with E-state index in [0.29, 0.717) is 36.6 Å². The van der Waals surface area contributed by atoms with Gasteiger partial charge in [-0.1, -0.05) is 0 Å². The van der Waals surface area contributed by atoms with E-state index in [1.807, 2.05) is 0 Å². The first-order valence-corrected chi connectivity index (χ1v) is 5.89. The molecule has 1 aromatic rings. The number of nitrogens with zero attached hydrogens (tertiary/aromatic N) is 1. The van der Waals surface area contributed by atoms with Crippen molar-refractivity contribution in [3.8, 4) is 11.5 Å². The van der Waals surface area contributed by atoms with Crippen molar-refractivity contribution in [3.63, 3.8) is 0 Å². The Balaban J connectivity index is 2.22. The first kappa shape index (κ1) is 12.9. The van der Waals surface area contributed by atoms with E-state index in [0.717, 1.165) is 19.4 Å². The van der Waals surface area contributed by atoms with Crippen LogP contribution >= 0.6 is 0 Å². The van der Waals surface area contributed by atoms with E-state index in [-0.39, 0.29) is 5.75 Å². The second-order valence-electron chi connectivity index (χ2n) is 4.24. The third kappa shape index (κ3) is 2.80. The largest absolute Gasteiger partial charge is 0.504 e. The van der Waals surface area contributed by atoms with Crippen LogP contribution in [0.5, 0.6) is 11.5 Å². The molecule has 2 rings (SSSR count). The molecule has 5 heteroatoms. The van der Waals surface area contributed by atoms with Gasteiger partial charge in [0.25, 0.3) is 0 Å². The summed E-state index contributed by atoms with van der Waals surface area (Å²) in [5.74, 6) is 0.442. The lowest BCUT2D eigenvalue weighted by atomic mass is 10.1. The maximum absolute atomic E-state index is 10.9. The lowest BCUT2D eigenvalue weighted by molar-refractivity contribution is 0.0338. The van der Waals surface area contributed by atoms with Gasteiger partial charge >= 0.3 is 0 Å². The van der Waals surface area contributed by atoms with Crippen molar-refractivity contribution < 1.29 is 19.4 Å². The summed E-state index contributed by atoms with van der Waals surface area (Å²) in [5.41, 5.74) is 1.21. The van der Waals surface area contributed by atoms with Crippen molar-refractivity contribution in [1.82, 2.24) is 4.90 Å². The number of hydrogen-bond donors (Lipinski definition) is 1. The molecule has 1 saturated heterocycles. The SMILES string of the molecule is COc1cc(C=O)cc(CN2CCOCC2)c1O. The number of carbonyl (C=O) groups is 1. The Kier molecular flexibility index (Phi) is 4.17. The highest BCUT2D eigenvalue weighted by Crippen LogP contribution is 2.32. The third-order valence-corrected chi connectivity index (χ3v) is 3.03. The van der Waals surface area contributed by atoms with Gasteiger partial charge in [-0.15, -0.1) is 0 Å². The van der Waals surface area contributed by atoms with E-state index < -0.39 is 0 Å². The molecule has 0 amide bonds. The van der Waals surface area contributed by atoms with Crippen molar-refractivity contribution in [3.05, 3.63) is 23.3 Å². The highest BCUT2D eigenvalue weighted by atomic mass is 16.5. The Bertz CT molecular complexity index is 427. The molecule has 1 aliphatic heterocycles. The molecule has 1 heterocycles. The first-order chi connectivity index (χ1) is 8.74. The van der Waals surface area contributed by atoms with Crippen LogP contribution in [0.15, 0.2) is 12.1 Å². The van der Waals surface area contributed by atoms with Crippen molar-refractivity contribution >= 4 is 6.29 Å². The minimum absolute atomic E-state index is 0.106. The Labute approximate surface area is 106 Å². The number of hydrogen-bond acceptors (Lipinski definition) is 5. The summed E-state index contributed by atoms with van der Waals surface area (Å²) in [5, 5.41) is 10.0. The van der Waals surface area contributed by atoms with Gasteiger partial charge in [0.15, 0.2) is 11.5 Å². The number of methoxy groups -OCH3 is 1. The number of benzene rings is 1. The van der Waals surface area contributed by atoms with Crippen molar-refractivity contribution in [1.29, 1.82) is 0 Å². The molecule has 1 N–H and O–H groups in total. The van der Waals surface area contributed by atoms with Crippen molar-refractivity contribution in [2.24, 2.45) is 0 Å². The Morgan fingerprint density at radius 1 is 1.44 bits per heavy atom. The second kappa shape index (κ2) is 5.84. The van der Waals surface area contributed by atoms with Gasteiger partial charge in [0.1, 0.15) is 6.29 Å². The fourth-order valence-electron chi connectivity index (χ4n) is 2.03. The molecule has 0 atom stereocenters. The van der Waals surface area contributed by atoms with Gasteiger partial charge in [-0.2, -0.15) is 0 Å². The summed E-state index contributed by atoms with van der Waals surface area (Å²) in [6.07, 6.45) is 0.755. The van der Waals surface area contributed by atoms with Gasteiger partial charge in [-0.25, -0.2) is 0 Å². The molecule has 0 bridgehead atoms. The maximum atomic E-state index is 10.9. The minimum Gasteiger partial charge on any atom is -0.504 e. The van der Waals surface area contributed by atoms with Crippen LogP contribution in [0, 0.1) is 0 Å². The molecule has 5 nitrogen and oxygen atoms in total. The summed E-state index contributed by atoms with van der Waals surface area (Å²) in [7, 11) is 1.47. The lowest BCUT2D eigenvalue weighted by Crippen LogP contribution is -2.35. The van der Waals surface area contributed by atoms with Gasteiger partial charge in [0.2, 0.25) is 0 Å². The molecule has 1 aliphatic rings. The fourth-order valence-corrected chi connectivity index (χ4v) is 2.03. The summed E-state index contributed by atoms with van der Waals surface area (Å²) in [6, 6.07) is 3.23. The van der Waals surface area contributed by atoms with Crippen LogP contribution in [0.25, 0.3) is 0 Å². The zero-order valence-electron chi connectivity index (χ0n) is 10.4. The predicted molar refractivity (Wildman–Crippen MR) is 66.1 cm³/mol. The zero-order valence-corrected chi connectivity index (χ0v) is 10.4. The normalized spacial score (nSPS) is 16.5. The smallest absolute Gasteiger partial charge is 0.162 e. The molecule has 0 aliphatic carbocycles. The van der Waals surface area contributed by atoms with Crippen LogP contribution in [0.2, 0.25) is 0 Å². The predicted octanol–water partition coefficient (Wildman–Crippen LogP) is 1.05. The molecule has 1 fully saturated rings. The summed E-state index contributed by atoms with van der Waals surface area (Å²) in [6.45, 7) is 3.64. The average molecular weight is 251 g/mol. The van der Waals surface area contributed by atoms with Crippen molar-refractivity contribution in [2.75, 3.05) is 33.4 Å². The number of phenols is 1. The Morgan fingerprint density at radius 3 is 2.78 bits per heavy atom. The second-order valence-corrected chi connectivity index (χ2v) is 4.24. The number of carbonyl (C=O) groups excluding carboxylic acids is 1. The van der Waals surface area contributed by atoms with Crippen LogP contribution in [0.1, 0.15) is 15.9 Å². The monoisotopic (exact) mass is 251 g/mol. The van der Waals surface area contributed by atoms with Gasteiger partial charge in [-0.05, 0) is 12.1 Å². The molecular weight excluding hydrogens is 234 g/mol. The van der Waals surface area contributed by atoms with E-state index in [1.54, 1.807) is 6.07 Å². The van der Waals surface area contributed by atoms with E-state index in [2.05, 4.69) is 4.90 Å². The highest BCUT2D eigenvalue weighted by molar-refractivity contribution is 5.77. The zero-order chi connectivity index (χ0) is 13.0. The Hall–Kier alpha value is -1.59. The maximum Gasteiger partial charge on any atom is 0.162 e. The molecule has 98 valence electrons. The number of morpholine rings is 1. The van der Waals surface area contributed by atoms with Crippen LogP contribution < -0.4 is 4.74 Å². The van der Waals surface area contributed by atoms with Crippen LogP contribution in [0.3, 0.4) is 0 Å². The van der Waals surface area contributed by atoms with E-state index in [4.69, 9.17) is 9.47 Å². The lowest BCUT2D eigenvalue weighted by Gasteiger charge is -2.27. The molecular formula is C13H17NO4. The fraction of sp³-hybridized carbons (Fsp3) is 0.462. The minimum atomic E-state index is 0.106. The quantitative estimate of drug-likeness (QED) is 0.810. The van der Waals surface area contributed by atoms with Gasteiger partial charge in [0, 0.05) is 30.8 Å². The number of aromatic hydroxyl groups is 1. The number of phenolic OH excluding ortho intramolecular Hbond substituents is 1. The molecule has 18 heavy (non-hydrogen) atoms. The molecule has 0 unspecified atom stereocenters. The molecule has 0 aromatic heterocycles. The van der Waals surface area contributed by atoms with E-state index >= 15 is 0 Å². The number of rotatable bonds is 4. The van der Waals surface area contributed by atoms with Gasteiger partial charge in [-0.3, -0.25) is 9.69 Å². The van der Waals surface area contributed by atoms with Crippen LogP contribution in [-0.4, -0.2) is 49.7 Å². The van der Waals surface area contributed by atoms with Gasteiger partial charge < -0.3 is 14.6 Å². The molecule has 0 saturated carbocycles. The van der Waals surface area contributed by atoms with Crippen molar-refractivity contribution in [2.45, 2.75) is 6.54 Å². The Morgan fingerprint density at radius 2 is 2.17 bits per heavy atom. The summed E-state index contributed by atoms with van der Waals surface area (Å²) < 4.78 is 10.3. The molecule has 0 spiro atoms. The van der Waals surface area contributed by atoms with E-state index in [9.17, 15) is 9.90 Å². The molecule has 0 radical (unpaired) electrons. The highest BCUT2D eigenvalue weighted by Gasteiger charge is 2.16. The standard InChI is InChI=1S/C13H17NO4/c1-17-12-7-10(9-15)6-11(13(12)16)8-14-2-4-18-5-3-14/h6-7,9,16H,2-5,8H2,1H3. The molecule has 1 aromatic carbocycles. The van der Waals surface area contributed by atoms with Gasteiger partial charge in [0.05, 0.1) is 20.3 Å². The van der Waals surface area contributed by atoms with E-state index in [1.165, 1.54) is 13.2 Å². The number of ether oxygens (including phenoxy) is 2.